The average molecular weight is 300 g/mol. The molecular formula is C13H24N4O2S. The molecule has 0 atom stereocenters. The van der Waals surface area contributed by atoms with Gasteiger partial charge in [0.05, 0.1) is 0 Å². The molecule has 7 heteroatoms. The molecule has 1 saturated carbocycles. The maximum atomic E-state index is 12.2. The lowest BCUT2D eigenvalue weighted by atomic mass is 9.96. The Kier molecular flexibility index (Phi) is 5.56. The van der Waals surface area contributed by atoms with Crippen molar-refractivity contribution >= 4 is 10.2 Å². The predicted molar refractivity (Wildman–Crippen MR) is 78.5 cm³/mol. The first-order valence-electron chi connectivity index (χ1n) is 7.30. The van der Waals surface area contributed by atoms with Crippen molar-refractivity contribution in [3.8, 4) is 0 Å². The Morgan fingerprint density at radius 1 is 1.40 bits per heavy atom. The minimum Gasteiger partial charge on any atom is -0.349 e. The number of hydrogen-bond acceptors (Lipinski definition) is 3. The Labute approximate surface area is 121 Å². The Balaban J connectivity index is 1.74. The molecule has 0 spiro atoms. The zero-order chi connectivity index (χ0) is 14.4. The molecule has 6 nitrogen and oxygen atoms in total. The van der Waals surface area contributed by atoms with E-state index in [1.807, 2.05) is 0 Å². The summed E-state index contributed by atoms with van der Waals surface area (Å²) in [5.41, 5.74) is 0. The number of nitrogens with zero attached hydrogens (tertiary/aromatic N) is 2. The lowest BCUT2D eigenvalue weighted by Crippen LogP contribution is -2.45. The van der Waals surface area contributed by atoms with E-state index >= 15 is 0 Å². The van der Waals surface area contributed by atoms with Crippen LogP contribution < -0.4 is 4.72 Å². The first-order valence-corrected chi connectivity index (χ1v) is 8.74. The van der Waals surface area contributed by atoms with Crippen molar-refractivity contribution in [3.63, 3.8) is 0 Å². The monoisotopic (exact) mass is 300 g/mol. The fraction of sp³-hybridized carbons (Fsp3) is 0.769. The van der Waals surface area contributed by atoms with Gasteiger partial charge in [0.15, 0.2) is 0 Å². The molecule has 2 rings (SSSR count). The summed E-state index contributed by atoms with van der Waals surface area (Å²) in [5, 5.41) is 0. The third kappa shape index (κ3) is 4.29. The minimum atomic E-state index is -3.35. The van der Waals surface area contributed by atoms with Crippen LogP contribution >= 0.6 is 0 Å². The van der Waals surface area contributed by atoms with Crippen LogP contribution in [-0.4, -0.2) is 42.3 Å². The van der Waals surface area contributed by atoms with Gasteiger partial charge in [-0.2, -0.15) is 12.7 Å². The summed E-state index contributed by atoms with van der Waals surface area (Å²) >= 11 is 0. The van der Waals surface area contributed by atoms with Crippen LogP contribution in [-0.2, 0) is 16.6 Å². The topological polar surface area (TPSA) is 78.1 Å². The number of imidazole rings is 1. The fourth-order valence-electron chi connectivity index (χ4n) is 2.63. The lowest BCUT2D eigenvalue weighted by molar-refractivity contribution is 0.283. The largest absolute Gasteiger partial charge is 0.349 e. The van der Waals surface area contributed by atoms with Gasteiger partial charge < -0.3 is 4.98 Å². The van der Waals surface area contributed by atoms with Crippen molar-refractivity contribution in [2.24, 2.45) is 0 Å². The number of nitrogens with one attached hydrogen (secondary N) is 2. The van der Waals surface area contributed by atoms with Crippen molar-refractivity contribution in [1.29, 1.82) is 0 Å². The third-order valence-electron chi connectivity index (χ3n) is 3.90. The highest BCUT2D eigenvalue weighted by molar-refractivity contribution is 7.87. The van der Waals surface area contributed by atoms with Gasteiger partial charge in [0.1, 0.15) is 5.82 Å². The number of rotatable bonds is 7. The maximum absolute atomic E-state index is 12.2. The van der Waals surface area contributed by atoms with Gasteiger partial charge in [0.25, 0.3) is 10.2 Å². The van der Waals surface area contributed by atoms with Gasteiger partial charge in [0, 0.05) is 38.4 Å². The average Bonchev–Trinajstić information content (AvgIpc) is 2.97. The molecule has 0 aromatic carbocycles. The van der Waals surface area contributed by atoms with Crippen LogP contribution in [0.1, 0.15) is 44.3 Å². The summed E-state index contributed by atoms with van der Waals surface area (Å²) in [6.45, 7) is 0.445. The highest BCUT2D eigenvalue weighted by Crippen LogP contribution is 2.22. The van der Waals surface area contributed by atoms with E-state index in [1.165, 1.54) is 10.7 Å². The van der Waals surface area contributed by atoms with Crippen molar-refractivity contribution in [1.82, 2.24) is 19.0 Å². The molecule has 0 saturated heterocycles. The molecule has 20 heavy (non-hydrogen) atoms. The zero-order valence-electron chi connectivity index (χ0n) is 12.0. The Hall–Kier alpha value is -0.920. The summed E-state index contributed by atoms with van der Waals surface area (Å²) in [5.74, 6) is 0.893. The van der Waals surface area contributed by atoms with Crippen LogP contribution in [0.4, 0.5) is 0 Å². The third-order valence-corrected chi connectivity index (χ3v) is 5.52. The number of hydrogen-bond donors (Lipinski definition) is 2. The SMILES string of the molecule is CN(C1CCCCC1)S(=O)(=O)NCCCc1ncc[nH]1. The van der Waals surface area contributed by atoms with E-state index in [2.05, 4.69) is 14.7 Å². The zero-order valence-corrected chi connectivity index (χ0v) is 12.8. The van der Waals surface area contributed by atoms with Crippen LogP contribution in [0.2, 0.25) is 0 Å². The first kappa shape index (κ1) is 15.5. The molecule has 1 aliphatic rings. The fourth-order valence-corrected chi connectivity index (χ4v) is 3.84. The highest BCUT2D eigenvalue weighted by atomic mass is 32.2. The van der Waals surface area contributed by atoms with Gasteiger partial charge in [-0.3, -0.25) is 0 Å². The molecule has 1 aromatic heterocycles. The second-order valence-corrected chi connectivity index (χ2v) is 7.16. The van der Waals surface area contributed by atoms with Gasteiger partial charge in [-0.05, 0) is 19.3 Å². The summed E-state index contributed by atoms with van der Waals surface area (Å²) in [7, 11) is -1.66. The van der Waals surface area contributed by atoms with Gasteiger partial charge in [0.2, 0.25) is 0 Å². The van der Waals surface area contributed by atoms with E-state index in [1.54, 1.807) is 19.4 Å². The smallest absolute Gasteiger partial charge is 0.279 e. The van der Waals surface area contributed by atoms with Crippen LogP contribution in [0.5, 0.6) is 0 Å². The predicted octanol–water partition coefficient (Wildman–Crippen LogP) is 1.44. The number of aryl methyl sites for hydroxylation is 1. The number of H-pyrrole nitrogens is 1. The summed E-state index contributed by atoms with van der Waals surface area (Å²) in [4.78, 5) is 7.13. The van der Waals surface area contributed by atoms with Crippen LogP contribution in [0.15, 0.2) is 12.4 Å². The van der Waals surface area contributed by atoms with E-state index in [0.717, 1.165) is 44.3 Å². The van der Waals surface area contributed by atoms with E-state index < -0.39 is 10.2 Å². The molecule has 1 aromatic rings. The molecule has 0 radical (unpaired) electrons. The Morgan fingerprint density at radius 3 is 2.80 bits per heavy atom. The minimum absolute atomic E-state index is 0.159. The summed E-state index contributed by atoms with van der Waals surface area (Å²) in [6, 6.07) is 0.159. The number of aromatic nitrogens is 2. The maximum Gasteiger partial charge on any atom is 0.279 e. The van der Waals surface area contributed by atoms with Gasteiger partial charge in [-0.1, -0.05) is 19.3 Å². The van der Waals surface area contributed by atoms with Crippen LogP contribution in [0, 0.1) is 0 Å². The van der Waals surface area contributed by atoms with Crippen molar-refractivity contribution in [2.45, 2.75) is 51.0 Å². The normalized spacial score (nSPS) is 17.7. The molecule has 1 heterocycles. The van der Waals surface area contributed by atoms with E-state index in [4.69, 9.17) is 0 Å². The van der Waals surface area contributed by atoms with Gasteiger partial charge in [-0.15, -0.1) is 0 Å². The van der Waals surface area contributed by atoms with Crippen molar-refractivity contribution in [3.05, 3.63) is 18.2 Å². The van der Waals surface area contributed by atoms with Gasteiger partial charge >= 0.3 is 0 Å². The van der Waals surface area contributed by atoms with E-state index in [0.29, 0.717) is 6.54 Å². The number of aromatic amines is 1. The molecule has 114 valence electrons. The quantitative estimate of drug-likeness (QED) is 0.748. The van der Waals surface area contributed by atoms with Gasteiger partial charge in [-0.25, -0.2) is 9.71 Å². The molecule has 0 amide bonds. The van der Waals surface area contributed by atoms with Crippen LogP contribution in [0.3, 0.4) is 0 Å². The molecule has 0 aliphatic heterocycles. The van der Waals surface area contributed by atoms with Crippen molar-refractivity contribution < 1.29 is 8.42 Å². The summed E-state index contributed by atoms with van der Waals surface area (Å²) < 4.78 is 28.6. The second-order valence-electron chi connectivity index (χ2n) is 5.35. The summed E-state index contributed by atoms with van der Waals surface area (Å²) in [6.07, 6.45) is 10.4. The second kappa shape index (κ2) is 7.19. The lowest BCUT2D eigenvalue weighted by Gasteiger charge is -2.30. The van der Waals surface area contributed by atoms with E-state index in [9.17, 15) is 8.42 Å². The molecule has 1 aliphatic carbocycles. The van der Waals surface area contributed by atoms with Crippen molar-refractivity contribution in [2.75, 3.05) is 13.6 Å². The highest BCUT2D eigenvalue weighted by Gasteiger charge is 2.26. The molecule has 1 fully saturated rings. The molecular weight excluding hydrogens is 276 g/mol. The van der Waals surface area contributed by atoms with E-state index in [-0.39, 0.29) is 6.04 Å². The molecule has 0 bridgehead atoms. The van der Waals surface area contributed by atoms with Crippen LogP contribution in [0.25, 0.3) is 0 Å². The Morgan fingerprint density at radius 2 is 2.15 bits per heavy atom. The standard InChI is InChI=1S/C13H24N4O2S/c1-17(12-6-3-2-4-7-12)20(18,19)16-9-5-8-13-14-10-11-15-13/h10-12,16H,2-9H2,1H3,(H,14,15). The Bertz CT molecular complexity index is 480. The molecule has 2 N–H and O–H groups in total. The first-order chi connectivity index (χ1) is 9.59. The molecule has 0 unspecified atom stereocenters.